The summed E-state index contributed by atoms with van der Waals surface area (Å²) in [4.78, 5) is 24.3. The quantitative estimate of drug-likeness (QED) is 0.328. The molecule has 18 heavy (non-hydrogen) atoms. The van der Waals surface area contributed by atoms with Crippen LogP contribution in [0.2, 0.25) is 0 Å². The molecule has 2 aliphatic heterocycles. The third-order valence-corrected chi connectivity index (χ3v) is 4.61. The Labute approximate surface area is 132 Å². The van der Waals surface area contributed by atoms with Crippen LogP contribution in [0.5, 0.6) is 0 Å². The molecule has 98 valence electrons. The van der Waals surface area contributed by atoms with Gasteiger partial charge in [0.15, 0.2) is 0 Å². The standard InChI is InChI=1S/C8H11NO6S2.Na.H/c1-8(2)6(7(11)15-17(12,13)14)9-4(10)3-5(9)16-8;;/h5-6H,3H2,1-2H3,(H,12,13,14);;/q;+1;-1/t5-,6+;;/m1../s1. The first kappa shape index (κ1) is 16.3. The van der Waals surface area contributed by atoms with Crippen LogP contribution in [0.1, 0.15) is 21.7 Å². The summed E-state index contributed by atoms with van der Waals surface area (Å²) in [5.41, 5.74) is 0. The van der Waals surface area contributed by atoms with Crippen molar-refractivity contribution >= 4 is 34.0 Å². The Morgan fingerprint density at radius 2 is 2.17 bits per heavy atom. The number of carbonyl (C=O) groups excluding carboxylic acids is 2. The Morgan fingerprint density at radius 1 is 1.61 bits per heavy atom. The molecule has 1 N–H and O–H groups in total. The van der Waals surface area contributed by atoms with Gasteiger partial charge >= 0.3 is 45.9 Å². The molecule has 2 aliphatic rings. The normalized spacial score (nSPS) is 29.1. The Balaban J connectivity index is 0.00000162. The Bertz CT molecular complexity index is 495. The van der Waals surface area contributed by atoms with E-state index in [-0.39, 0.29) is 42.3 Å². The Morgan fingerprint density at radius 3 is 2.61 bits per heavy atom. The monoisotopic (exact) mass is 305 g/mol. The number of hydrogen-bond donors (Lipinski definition) is 1. The number of hydrogen-bond acceptors (Lipinski definition) is 6. The van der Waals surface area contributed by atoms with Crippen molar-refractivity contribution in [2.45, 2.75) is 36.4 Å². The van der Waals surface area contributed by atoms with Crippen molar-refractivity contribution in [3.8, 4) is 0 Å². The molecule has 0 unspecified atom stereocenters. The summed E-state index contributed by atoms with van der Waals surface area (Å²) in [6, 6.07) is -0.985. The van der Waals surface area contributed by atoms with Crippen LogP contribution >= 0.6 is 11.8 Å². The van der Waals surface area contributed by atoms with Crippen molar-refractivity contribution in [3.05, 3.63) is 0 Å². The number of rotatable bonds is 2. The summed E-state index contributed by atoms with van der Waals surface area (Å²) in [6.45, 7) is 3.44. The summed E-state index contributed by atoms with van der Waals surface area (Å²) < 4.78 is 32.8. The molecule has 0 aromatic carbocycles. The number of thioether (sulfide) groups is 1. The zero-order valence-electron chi connectivity index (χ0n) is 11.1. The van der Waals surface area contributed by atoms with Gasteiger partial charge in [0.05, 0.1) is 11.8 Å². The second kappa shape index (κ2) is 4.95. The van der Waals surface area contributed by atoms with Gasteiger partial charge in [0.25, 0.3) is 0 Å². The fourth-order valence-electron chi connectivity index (χ4n) is 2.11. The molecule has 10 heteroatoms. The maximum absolute atomic E-state index is 11.6. The van der Waals surface area contributed by atoms with E-state index in [1.54, 1.807) is 13.8 Å². The predicted molar refractivity (Wildman–Crippen MR) is 59.5 cm³/mol. The van der Waals surface area contributed by atoms with E-state index in [2.05, 4.69) is 4.18 Å². The zero-order chi connectivity index (χ0) is 13.0. The van der Waals surface area contributed by atoms with Gasteiger partial charge in [-0.2, -0.15) is 8.42 Å². The van der Waals surface area contributed by atoms with Crippen LogP contribution in [0.4, 0.5) is 0 Å². The summed E-state index contributed by atoms with van der Waals surface area (Å²) in [5.74, 6) is -1.34. The van der Waals surface area contributed by atoms with Crippen LogP contribution in [0.3, 0.4) is 0 Å². The molecule has 7 nitrogen and oxygen atoms in total. The third kappa shape index (κ3) is 2.86. The molecular formula is C8H12NNaO6S2. The minimum atomic E-state index is -4.84. The predicted octanol–water partition coefficient (Wildman–Crippen LogP) is -3.10. The van der Waals surface area contributed by atoms with Crippen LogP contribution in [0, 0.1) is 0 Å². The molecule has 2 rings (SSSR count). The first-order valence-corrected chi connectivity index (χ1v) is 7.06. The number of amides is 1. The first-order chi connectivity index (χ1) is 7.62. The van der Waals surface area contributed by atoms with Crippen molar-refractivity contribution in [3.63, 3.8) is 0 Å². The molecule has 0 bridgehead atoms. The van der Waals surface area contributed by atoms with Crippen LogP contribution in [0.25, 0.3) is 0 Å². The van der Waals surface area contributed by atoms with Crippen LogP contribution < -0.4 is 29.6 Å². The van der Waals surface area contributed by atoms with Gasteiger partial charge in [0.2, 0.25) is 5.91 Å². The average molecular weight is 305 g/mol. The molecule has 0 radical (unpaired) electrons. The van der Waals surface area contributed by atoms with E-state index in [9.17, 15) is 18.0 Å². The van der Waals surface area contributed by atoms with E-state index in [1.165, 1.54) is 16.7 Å². The molecule has 2 heterocycles. The Kier molecular flexibility index (Phi) is 4.47. The fourth-order valence-corrected chi connectivity index (χ4v) is 4.02. The minimum Gasteiger partial charge on any atom is -1.00 e. The molecule has 2 saturated heterocycles. The molecule has 1 amide bonds. The molecular weight excluding hydrogens is 293 g/mol. The van der Waals surface area contributed by atoms with E-state index in [4.69, 9.17) is 4.55 Å². The van der Waals surface area contributed by atoms with E-state index in [1.807, 2.05) is 0 Å². The van der Waals surface area contributed by atoms with Gasteiger partial charge in [0, 0.05) is 4.75 Å². The van der Waals surface area contributed by atoms with Crippen LogP contribution in [-0.2, 0) is 24.2 Å². The van der Waals surface area contributed by atoms with Crippen molar-refractivity contribution in [1.29, 1.82) is 0 Å². The van der Waals surface area contributed by atoms with Crippen molar-refractivity contribution in [2.75, 3.05) is 0 Å². The van der Waals surface area contributed by atoms with Gasteiger partial charge in [-0.15, -0.1) is 11.8 Å². The minimum absolute atomic E-state index is 0. The van der Waals surface area contributed by atoms with Gasteiger partial charge in [-0.05, 0) is 13.8 Å². The van der Waals surface area contributed by atoms with Crippen molar-refractivity contribution < 1.29 is 57.7 Å². The number of nitrogens with zero attached hydrogens (tertiary/aromatic N) is 1. The average Bonchev–Trinajstić information content (AvgIpc) is 2.30. The maximum atomic E-state index is 11.6. The zero-order valence-corrected chi connectivity index (χ0v) is 13.7. The van der Waals surface area contributed by atoms with E-state index in [0.29, 0.717) is 6.42 Å². The molecule has 2 fully saturated rings. The summed E-state index contributed by atoms with van der Waals surface area (Å²) in [5, 5.41) is -0.114. The van der Waals surface area contributed by atoms with Crippen LogP contribution in [-0.4, -0.2) is 45.9 Å². The van der Waals surface area contributed by atoms with E-state index >= 15 is 0 Å². The molecule has 0 aromatic rings. The van der Waals surface area contributed by atoms with Crippen LogP contribution in [0.15, 0.2) is 0 Å². The van der Waals surface area contributed by atoms with E-state index < -0.39 is 27.2 Å². The fraction of sp³-hybridized carbons (Fsp3) is 0.750. The summed E-state index contributed by atoms with van der Waals surface area (Å²) >= 11 is 1.41. The topological polar surface area (TPSA) is 101 Å². The summed E-state index contributed by atoms with van der Waals surface area (Å²) in [7, 11) is -4.84. The number of fused-ring (bicyclic) bond motifs is 1. The smallest absolute Gasteiger partial charge is 1.00 e. The molecule has 0 saturated carbocycles. The second-order valence-electron chi connectivity index (χ2n) is 4.41. The van der Waals surface area contributed by atoms with Gasteiger partial charge in [-0.1, -0.05) is 0 Å². The van der Waals surface area contributed by atoms with Crippen molar-refractivity contribution in [2.24, 2.45) is 0 Å². The molecule has 0 aromatic heterocycles. The number of β-lactam (4-membered cyclic amide) rings is 1. The molecule has 0 aliphatic carbocycles. The van der Waals surface area contributed by atoms with Gasteiger partial charge < -0.3 is 10.5 Å². The van der Waals surface area contributed by atoms with Crippen molar-refractivity contribution in [1.82, 2.24) is 4.90 Å². The van der Waals surface area contributed by atoms with E-state index in [0.717, 1.165) is 0 Å². The third-order valence-electron chi connectivity index (χ3n) is 2.73. The summed E-state index contributed by atoms with van der Waals surface area (Å²) in [6.07, 6.45) is 0.337. The maximum Gasteiger partial charge on any atom is 1.00 e. The Hall–Kier alpha value is 0.200. The largest absolute Gasteiger partial charge is 1.00 e. The second-order valence-corrected chi connectivity index (χ2v) is 7.27. The van der Waals surface area contributed by atoms with Gasteiger partial charge in [0.1, 0.15) is 6.04 Å². The van der Waals surface area contributed by atoms with Gasteiger partial charge in [-0.25, -0.2) is 4.79 Å². The molecule has 0 spiro atoms. The SMILES string of the molecule is CC1(C)S[C@@H]2CC(=O)N2[C@H]1C(=O)OS(=O)(=O)O.[H-].[Na+]. The first-order valence-electron chi connectivity index (χ1n) is 4.81. The van der Waals surface area contributed by atoms with Gasteiger partial charge in [-0.3, -0.25) is 9.35 Å². The number of carbonyl (C=O) groups is 2. The molecule has 2 atom stereocenters.